The Kier molecular flexibility index (Phi) is 4.05. The van der Waals surface area contributed by atoms with E-state index in [0.717, 1.165) is 5.56 Å². The van der Waals surface area contributed by atoms with Crippen LogP contribution in [-0.2, 0) is 0 Å². The van der Waals surface area contributed by atoms with Gasteiger partial charge in [-0.05, 0) is 30.2 Å². The molecule has 0 aromatic heterocycles. The Hall–Kier alpha value is -1.31. The van der Waals surface area contributed by atoms with Crippen molar-refractivity contribution in [3.8, 4) is 0 Å². The van der Waals surface area contributed by atoms with Gasteiger partial charge in [-0.1, -0.05) is 65.2 Å². The van der Waals surface area contributed by atoms with E-state index in [1.807, 2.05) is 37.3 Å². The van der Waals surface area contributed by atoms with Crippen LogP contribution in [0.1, 0.15) is 16.7 Å². The van der Waals surface area contributed by atoms with Crippen molar-refractivity contribution in [1.29, 1.82) is 0 Å². The maximum Gasteiger partial charge on any atom is 0.142 e. The van der Waals surface area contributed by atoms with Crippen molar-refractivity contribution >= 4 is 35.4 Å². The third-order valence-electron chi connectivity index (χ3n) is 2.57. The topological polar surface area (TPSA) is 0 Å². The average molecular weight is 281 g/mol. The van der Waals surface area contributed by atoms with Crippen LogP contribution in [0.4, 0.5) is 4.39 Å². The van der Waals surface area contributed by atoms with Crippen LogP contribution in [0.15, 0.2) is 36.4 Å². The highest BCUT2D eigenvalue weighted by Gasteiger charge is 2.04. The summed E-state index contributed by atoms with van der Waals surface area (Å²) < 4.78 is 13.3. The van der Waals surface area contributed by atoms with Gasteiger partial charge in [0.2, 0.25) is 0 Å². The number of aryl methyl sites for hydroxylation is 1. The zero-order chi connectivity index (χ0) is 13.1. The predicted octanol–water partition coefficient (Wildman–Crippen LogP) is 5.61. The van der Waals surface area contributed by atoms with Gasteiger partial charge in [-0.3, -0.25) is 0 Å². The van der Waals surface area contributed by atoms with Crippen molar-refractivity contribution in [2.24, 2.45) is 0 Å². The summed E-state index contributed by atoms with van der Waals surface area (Å²) in [5.41, 5.74) is 2.84. The van der Waals surface area contributed by atoms with Crippen LogP contribution in [0.2, 0.25) is 10.0 Å². The van der Waals surface area contributed by atoms with Crippen LogP contribution in [-0.4, -0.2) is 0 Å². The molecule has 92 valence electrons. The third kappa shape index (κ3) is 3.12. The Bertz CT molecular complexity index is 586. The van der Waals surface area contributed by atoms with Gasteiger partial charge in [0.25, 0.3) is 0 Å². The first-order valence-corrected chi connectivity index (χ1v) is 6.21. The lowest BCUT2D eigenvalue weighted by Gasteiger charge is -2.01. The minimum atomic E-state index is -0.468. The molecule has 0 bridgehead atoms. The summed E-state index contributed by atoms with van der Waals surface area (Å²) in [6, 6.07) is 10.8. The van der Waals surface area contributed by atoms with Gasteiger partial charge in [-0.25, -0.2) is 4.39 Å². The van der Waals surface area contributed by atoms with Crippen LogP contribution in [0.3, 0.4) is 0 Å². The van der Waals surface area contributed by atoms with E-state index in [0.29, 0.717) is 10.6 Å². The van der Waals surface area contributed by atoms with Gasteiger partial charge in [-0.15, -0.1) is 0 Å². The lowest BCUT2D eigenvalue weighted by Crippen LogP contribution is -1.82. The van der Waals surface area contributed by atoms with E-state index < -0.39 is 5.82 Å². The molecule has 0 atom stereocenters. The fourth-order valence-electron chi connectivity index (χ4n) is 1.53. The van der Waals surface area contributed by atoms with E-state index in [1.165, 1.54) is 17.7 Å². The quantitative estimate of drug-likeness (QED) is 0.495. The first kappa shape index (κ1) is 13.1. The van der Waals surface area contributed by atoms with Gasteiger partial charge in [0.1, 0.15) is 5.82 Å². The van der Waals surface area contributed by atoms with E-state index in [-0.39, 0.29) is 5.02 Å². The van der Waals surface area contributed by atoms with Crippen molar-refractivity contribution in [3.05, 3.63) is 69.0 Å². The SMILES string of the molecule is Cc1ccc(/C=C/c2cc(F)c(Cl)cc2Cl)cc1. The van der Waals surface area contributed by atoms with Gasteiger partial charge >= 0.3 is 0 Å². The molecule has 0 nitrogen and oxygen atoms in total. The van der Waals surface area contributed by atoms with Gasteiger partial charge in [-0.2, -0.15) is 0 Å². The monoisotopic (exact) mass is 280 g/mol. The lowest BCUT2D eigenvalue weighted by atomic mass is 10.1. The highest BCUT2D eigenvalue weighted by Crippen LogP contribution is 2.25. The van der Waals surface area contributed by atoms with Crippen molar-refractivity contribution in [2.75, 3.05) is 0 Å². The highest BCUT2D eigenvalue weighted by molar-refractivity contribution is 6.35. The molecule has 3 heteroatoms. The summed E-state index contributed by atoms with van der Waals surface area (Å²) in [6.07, 6.45) is 3.65. The standard InChI is InChI=1S/C15H11Cl2F/c1-10-2-4-11(5-3-10)6-7-12-8-15(18)14(17)9-13(12)16/h2-9H,1H3/b7-6+. The van der Waals surface area contributed by atoms with Crippen LogP contribution < -0.4 is 0 Å². The molecule has 0 aliphatic rings. The third-order valence-corrected chi connectivity index (χ3v) is 3.19. The highest BCUT2D eigenvalue weighted by atomic mass is 35.5. The summed E-state index contributed by atoms with van der Waals surface area (Å²) in [5, 5.41) is 0.470. The second-order valence-corrected chi connectivity index (χ2v) is 4.85. The molecule has 0 heterocycles. The first-order valence-electron chi connectivity index (χ1n) is 5.45. The van der Waals surface area contributed by atoms with Crippen LogP contribution in [0, 0.1) is 12.7 Å². The minimum Gasteiger partial charge on any atom is -0.205 e. The Morgan fingerprint density at radius 2 is 1.61 bits per heavy atom. The second kappa shape index (κ2) is 5.55. The second-order valence-electron chi connectivity index (χ2n) is 4.03. The molecule has 0 amide bonds. The summed E-state index contributed by atoms with van der Waals surface area (Å²) >= 11 is 11.6. The minimum absolute atomic E-state index is 0.0347. The van der Waals surface area contributed by atoms with E-state index in [9.17, 15) is 4.39 Å². The molecule has 18 heavy (non-hydrogen) atoms. The van der Waals surface area contributed by atoms with Crippen LogP contribution >= 0.6 is 23.2 Å². The zero-order valence-electron chi connectivity index (χ0n) is 9.75. The molecule has 0 aliphatic heterocycles. The molecular formula is C15H11Cl2F. The summed E-state index contributed by atoms with van der Waals surface area (Å²) in [5.74, 6) is -0.468. The Labute approximate surface area is 116 Å². The smallest absolute Gasteiger partial charge is 0.142 e. The maximum atomic E-state index is 13.3. The molecule has 0 aliphatic carbocycles. The molecule has 0 saturated carbocycles. The Morgan fingerprint density at radius 1 is 0.944 bits per heavy atom. The largest absolute Gasteiger partial charge is 0.205 e. The van der Waals surface area contributed by atoms with E-state index in [2.05, 4.69) is 0 Å². The molecule has 0 saturated heterocycles. The van der Waals surface area contributed by atoms with Crippen LogP contribution in [0.5, 0.6) is 0 Å². The van der Waals surface area contributed by atoms with E-state index in [4.69, 9.17) is 23.2 Å². The molecular weight excluding hydrogens is 270 g/mol. The molecule has 0 fully saturated rings. The lowest BCUT2D eigenvalue weighted by molar-refractivity contribution is 0.628. The molecule has 2 aromatic carbocycles. The molecule has 0 N–H and O–H groups in total. The maximum absolute atomic E-state index is 13.3. The first-order chi connectivity index (χ1) is 8.56. The average Bonchev–Trinajstić information content (AvgIpc) is 2.34. The van der Waals surface area contributed by atoms with Gasteiger partial charge in [0.15, 0.2) is 0 Å². The van der Waals surface area contributed by atoms with Gasteiger partial charge < -0.3 is 0 Å². The number of hydrogen-bond donors (Lipinski definition) is 0. The van der Waals surface area contributed by atoms with Crippen LogP contribution in [0.25, 0.3) is 12.2 Å². The molecule has 0 unspecified atom stereocenters. The van der Waals surface area contributed by atoms with E-state index >= 15 is 0 Å². The van der Waals surface area contributed by atoms with E-state index in [1.54, 1.807) is 6.08 Å². The zero-order valence-corrected chi connectivity index (χ0v) is 11.3. The summed E-state index contributed by atoms with van der Waals surface area (Å²) in [4.78, 5) is 0. The van der Waals surface area contributed by atoms with Crippen molar-refractivity contribution in [2.45, 2.75) is 6.92 Å². The molecule has 2 aromatic rings. The fourth-order valence-corrected chi connectivity index (χ4v) is 1.98. The Morgan fingerprint density at radius 3 is 2.28 bits per heavy atom. The van der Waals surface area contributed by atoms with Gasteiger partial charge in [0.05, 0.1) is 5.02 Å². The van der Waals surface area contributed by atoms with Gasteiger partial charge in [0, 0.05) is 5.02 Å². The van der Waals surface area contributed by atoms with Crippen molar-refractivity contribution in [1.82, 2.24) is 0 Å². The number of hydrogen-bond acceptors (Lipinski definition) is 0. The molecule has 0 spiro atoms. The number of halogens is 3. The fraction of sp³-hybridized carbons (Fsp3) is 0.0667. The Balaban J connectivity index is 2.28. The summed E-state index contributed by atoms with van der Waals surface area (Å²) in [6.45, 7) is 2.03. The summed E-state index contributed by atoms with van der Waals surface area (Å²) in [7, 11) is 0. The van der Waals surface area contributed by atoms with Crippen molar-refractivity contribution in [3.63, 3.8) is 0 Å². The normalized spacial score (nSPS) is 11.1. The molecule has 2 rings (SSSR count). The number of benzene rings is 2. The predicted molar refractivity (Wildman–Crippen MR) is 76.5 cm³/mol. The molecule has 0 radical (unpaired) electrons. The van der Waals surface area contributed by atoms with Crippen molar-refractivity contribution < 1.29 is 4.39 Å². The number of rotatable bonds is 2.